The quantitative estimate of drug-likeness (QED) is 0.748. The van der Waals surface area contributed by atoms with Crippen molar-refractivity contribution in [3.63, 3.8) is 0 Å². The van der Waals surface area contributed by atoms with E-state index < -0.39 is 5.60 Å². The molecule has 0 saturated carbocycles. The zero-order valence-corrected chi connectivity index (χ0v) is 10.8. The second-order valence-corrected chi connectivity index (χ2v) is 5.60. The second-order valence-electron chi connectivity index (χ2n) is 5.60. The van der Waals surface area contributed by atoms with Crippen molar-refractivity contribution in [3.05, 3.63) is 0 Å². The van der Waals surface area contributed by atoms with Gasteiger partial charge in [0.2, 0.25) is 0 Å². The molecule has 2 unspecified atom stereocenters. The van der Waals surface area contributed by atoms with E-state index in [4.69, 9.17) is 10.5 Å². The van der Waals surface area contributed by atoms with E-state index >= 15 is 0 Å². The lowest BCUT2D eigenvalue weighted by Crippen LogP contribution is -2.52. The summed E-state index contributed by atoms with van der Waals surface area (Å²) in [5, 5.41) is 0. The van der Waals surface area contributed by atoms with Crippen LogP contribution >= 0.6 is 0 Å². The van der Waals surface area contributed by atoms with Crippen LogP contribution < -0.4 is 5.73 Å². The number of carbonyl (C=O) groups excluding carboxylic acids is 1. The minimum Gasteiger partial charge on any atom is -0.444 e. The summed E-state index contributed by atoms with van der Waals surface area (Å²) < 4.78 is 5.39. The Labute approximate surface area is 98.1 Å². The van der Waals surface area contributed by atoms with Crippen molar-refractivity contribution in [2.75, 3.05) is 6.54 Å². The van der Waals surface area contributed by atoms with Crippen LogP contribution in [0.5, 0.6) is 0 Å². The number of carbonyl (C=O) groups is 1. The monoisotopic (exact) mass is 228 g/mol. The van der Waals surface area contributed by atoms with Gasteiger partial charge in [0.15, 0.2) is 0 Å². The molecule has 1 saturated heterocycles. The van der Waals surface area contributed by atoms with E-state index in [1.165, 1.54) is 0 Å². The molecule has 0 radical (unpaired) electrons. The van der Waals surface area contributed by atoms with Crippen molar-refractivity contribution in [1.29, 1.82) is 0 Å². The molecule has 2 atom stereocenters. The third-order valence-electron chi connectivity index (χ3n) is 2.78. The van der Waals surface area contributed by atoms with Crippen molar-refractivity contribution < 1.29 is 9.53 Å². The molecule has 0 aliphatic carbocycles. The van der Waals surface area contributed by atoms with Gasteiger partial charge in [-0.25, -0.2) is 4.79 Å². The Hall–Kier alpha value is -0.770. The molecule has 4 heteroatoms. The molecule has 0 bridgehead atoms. The van der Waals surface area contributed by atoms with E-state index in [-0.39, 0.29) is 18.2 Å². The first-order valence-electron chi connectivity index (χ1n) is 6.06. The average Bonchev–Trinajstić information content (AvgIpc) is 2.15. The molecule has 0 aromatic carbocycles. The third-order valence-corrected chi connectivity index (χ3v) is 2.78. The first-order chi connectivity index (χ1) is 7.31. The molecule has 1 fully saturated rings. The fraction of sp³-hybridized carbons (Fsp3) is 0.917. The number of hydrogen-bond donors (Lipinski definition) is 1. The normalized spacial score (nSPS) is 24.1. The molecule has 16 heavy (non-hydrogen) atoms. The van der Waals surface area contributed by atoms with Crippen LogP contribution in [0.2, 0.25) is 0 Å². The number of nitrogens with zero attached hydrogens (tertiary/aromatic N) is 1. The van der Waals surface area contributed by atoms with Crippen LogP contribution in [-0.2, 0) is 4.74 Å². The molecule has 4 nitrogen and oxygen atoms in total. The lowest BCUT2D eigenvalue weighted by Gasteiger charge is -2.38. The topological polar surface area (TPSA) is 55.6 Å². The average molecular weight is 228 g/mol. The van der Waals surface area contributed by atoms with E-state index in [1.807, 2.05) is 27.7 Å². The van der Waals surface area contributed by atoms with Crippen molar-refractivity contribution in [3.8, 4) is 0 Å². The minimum absolute atomic E-state index is 0.00724. The molecule has 0 spiro atoms. The van der Waals surface area contributed by atoms with Crippen LogP contribution in [0.3, 0.4) is 0 Å². The lowest BCUT2D eigenvalue weighted by molar-refractivity contribution is 0.00731. The van der Waals surface area contributed by atoms with Gasteiger partial charge in [-0.1, -0.05) is 0 Å². The predicted molar refractivity (Wildman–Crippen MR) is 64.2 cm³/mol. The Kier molecular flexibility index (Phi) is 4.19. The molecular formula is C12H24N2O2. The SMILES string of the molecule is CC(N)C1CCCCN1C(=O)OC(C)(C)C. The van der Waals surface area contributed by atoms with Gasteiger partial charge in [-0.2, -0.15) is 0 Å². The van der Waals surface area contributed by atoms with Gasteiger partial charge in [-0.05, 0) is 47.0 Å². The minimum atomic E-state index is -0.434. The maximum atomic E-state index is 12.0. The van der Waals surface area contributed by atoms with E-state index in [0.717, 1.165) is 25.8 Å². The van der Waals surface area contributed by atoms with Gasteiger partial charge in [-0.3, -0.25) is 0 Å². The van der Waals surface area contributed by atoms with Crippen LogP contribution in [0.25, 0.3) is 0 Å². The zero-order valence-electron chi connectivity index (χ0n) is 10.8. The van der Waals surface area contributed by atoms with Crippen LogP contribution in [-0.4, -0.2) is 35.2 Å². The number of amides is 1. The number of hydrogen-bond acceptors (Lipinski definition) is 3. The van der Waals surface area contributed by atoms with Gasteiger partial charge in [0.1, 0.15) is 5.60 Å². The molecule has 1 aliphatic rings. The maximum absolute atomic E-state index is 12.0. The van der Waals surface area contributed by atoms with Crippen molar-refractivity contribution in [2.24, 2.45) is 5.73 Å². The van der Waals surface area contributed by atoms with Crippen molar-refractivity contribution in [1.82, 2.24) is 4.90 Å². The van der Waals surface area contributed by atoms with Gasteiger partial charge < -0.3 is 15.4 Å². The molecule has 1 rings (SSSR count). The van der Waals surface area contributed by atoms with E-state index in [1.54, 1.807) is 4.90 Å². The zero-order chi connectivity index (χ0) is 12.3. The highest BCUT2D eigenvalue weighted by atomic mass is 16.6. The molecule has 1 heterocycles. The number of piperidine rings is 1. The van der Waals surface area contributed by atoms with Crippen LogP contribution in [0.1, 0.15) is 47.0 Å². The summed E-state index contributed by atoms with van der Waals surface area (Å²) in [4.78, 5) is 13.8. The summed E-state index contributed by atoms with van der Waals surface area (Å²) in [6, 6.07) is 0.136. The molecule has 0 aromatic heterocycles. The fourth-order valence-electron chi connectivity index (χ4n) is 2.05. The Morgan fingerprint density at radius 3 is 2.56 bits per heavy atom. The van der Waals surface area contributed by atoms with E-state index in [0.29, 0.717) is 0 Å². The fourth-order valence-corrected chi connectivity index (χ4v) is 2.05. The summed E-state index contributed by atoms with van der Waals surface area (Å²) in [5.41, 5.74) is 5.48. The summed E-state index contributed by atoms with van der Waals surface area (Å²) in [6.07, 6.45) is 2.94. The van der Waals surface area contributed by atoms with E-state index in [2.05, 4.69) is 0 Å². The van der Waals surface area contributed by atoms with Crippen LogP contribution in [0.15, 0.2) is 0 Å². The second kappa shape index (κ2) is 5.04. The maximum Gasteiger partial charge on any atom is 0.410 e. The van der Waals surface area contributed by atoms with Gasteiger partial charge >= 0.3 is 6.09 Å². The Morgan fingerprint density at radius 1 is 1.44 bits per heavy atom. The molecule has 0 aromatic rings. The summed E-state index contributed by atoms with van der Waals surface area (Å²) in [6.45, 7) is 8.37. The molecule has 94 valence electrons. The number of rotatable bonds is 1. The number of ether oxygens (including phenoxy) is 1. The number of likely N-dealkylation sites (tertiary alicyclic amines) is 1. The Bertz CT molecular complexity index is 246. The van der Waals surface area contributed by atoms with Crippen LogP contribution in [0, 0.1) is 0 Å². The van der Waals surface area contributed by atoms with Crippen molar-refractivity contribution in [2.45, 2.75) is 64.6 Å². The highest BCUT2D eigenvalue weighted by Gasteiger charge is 2.32. The van der Waals surface area contributed by atoms with Gasteiger partial charge in [-0.15, -0.1) is 0 Å². The highest BCUT2D eigenvalue weighted by molar-refractivity contribution is 5.68. The summed E-state index contributed by atoms with van der Waals surface area (Å²) >= 11 is 0. The standard InChI is InChI=1S/C12H24N2O2/c1-9(13)10-7-5-6-8-14(10)11(15)16-12(2,3)4/h9-10H,5-8,13H2,1-4H3. The van der Waals surface area contributed by atoms with Gasteiger partial charge in [0.25, 0.3) is 0 Å². The van der Waals surface area contributed by atoms with Crippen molar-refractivity contribution >= 4 is 6.09 Å². The van der Waals surface area contributed by atoms with Gasteiger partial charge in [0, 0.05) is 18.6 Å². The summed E-state index contributed by atoms with van der Waals surface area (Å²) in [7, 11) is 0. The number of nitrogens with two attached hydrogens (primary N) is 1. The van der Waals surface area contributed by atoms with Crippen LogP contribution in [0.4, 0.5) is 4.79 Å². The predicted octanol–water partition coefficient (Wildman–Crippen LogP) is 2.12. The molecule has 2 N–H and O–H groups in total. The smallest absolute Gasteiger partial charge is 0.410 e. The lowest BCUT2D eigenvalue weighted by atomic mass is 9.97. The Morgan fingerprint density at radius 2 is 2.06 bits per heavy atom. The molecule has 1 amide bonds. The largest absolute Gasteiger partial charge is 0.444 e. The molecular weight excluding hydrogens is 204 g/mol. The third kappa shape index (κ3) is 3.67. The van der Waals surface area contributed by atoms with E-state index in [9.17, 15) is 4.79 Å². The first kappa shape index (κ1) is 13.3. The summed E-state index contributed by atoms with van der Waals surface area (Å²) in [5.74, 6) is 0. The van der Waals surface area contributed by atoms with Gasteiger partial charge in [0.05, 0.1) is 0 Å². The molecule has 1 aliphatic heterocycles. The highest BCUT2D eigenvalue weighted by Crippen LogP contribution is 2.21. The first-order valence-corrected chi connectivity index (χ1v) is 6.06. The Balaban J connectivity index is 2.64.